The molecule has 3 heteroatoms. The third-order valence-corrected chi connectivity index (χ3v) is 3.59. The molecule has 0 rings (SSSR count). The molecule has 0 aliphatic rings. The van der Waals surface area contributed by atoms with E-state index in [0.717, 1.165) is 12.8 Å². The molecular weight excluding hydrogens is 190 g/mol. The number of amides is 1. The van der Waals surface area contributed by atoms with E-state index in [4.69, 9.17) is 4.74 Å². The highest BCUT2D eigenvalue weighted by molar-refractivity contribution is 5.60. The molecule has 90 valence electrons. The number of carbonyl (C=O) groups excluding carboxylic acids is 1. The summed E-state index contributed by atoms with van der Waals surface area (Å²) in [6.45, 7) is 10.1. The van der Waals surface area contributed by atoms with Crippen LogP contribution in [0.25, 0.3) is 0 Å². The van der Waals surface area contributed by atoms with Gasteiger partial charge >= 0.3 is 6.09 Å². The first kappa shape index (κ1) is 14.4. The first-order valence-corrected chi connectivity index (χ1v) is 5.76. The number of hydrogen-bond donors (Lipinski definition) is 0. The van der Waals surface area contributed by atoms with Crippen LogP contribution in [-0.4, -0.2) is 36.3 Å². The third-order valence-electron chi connectivity index (χ3n) is 3.59. The van der Waals surface area contributed by atoms with Crippen molar-refractivity contribution in [3.63, 3.8) is 0 Å². The Morgan fingerprint density at radius 3 is 1.93 bits per heavy atom. The molecule has 0 aromatic heterocycles. The second-order valence-corrected chi connectivity index (χ2v) is 5.16. The molecule has 0 bridgehead atoms. The van der Waals surface area contributed by atoms with Crippen LogP contribution in [0.2, 0.25) is 0 Å². The minimum atomic E-state index is -0.318. The Hall–Kier alpha value is -0.570. The monoisotopic (exact) mass is 216 g/mol. The molecule has 0 aliphatic heterocycles. The van der Waals surface area contributed by atoms with Gasteiger partial charge in [-0.2, -0.15) is 4.79 Å². The maximum atomic E-state index is 12.0. The molecule has 0 aromatic carbocycles. The van der Waals surface area contributed by atoms with Gasteiger partial charge in [0.2, 0.25) is 0 Å². The molecule has 1 amide bonds. The van der Waals surface area contributed by atoms with Crippen LogP contribution >= 0.6 is 0 Å². The first-order chi connectivity index (χ1) is 6.69. The van der Waals surface area contributed by atoms with E-state index in [9.17, 15) is 4.79 Å². The van der Waals surface area contributed by atoms with E-state index in [-0.39, 0.29) is 22.2 Å². The Morgan fingerprint density at radius 1 is 1.27 bits per heavy atom. The molecule has 0 radical (unpaired) electrons. The molecule has 0 aliphatic carbocycles. The smallest absolute Gasteiger partial charge is 0.414 e. The van der Waals surface area contributed by atoms with Crippen molar-refractivity contribution < 1.29 is 14.0 Å². The van der Waals surface area contributed by atoms with E-state index >= 15 is 0 Å². The summed E-state index contributed by atoms with van der Waals surface area (Å²) in [6.07, 6.45) is 1.57. The van der Waals surface area contributed by atoms with Crippen LogP contribution in [0, 0.1) is 0 Å². The Labute approximate surface area is 94.0 Å². The average Bonchev–Trinajstić information content (AvgIpc) is 2.17. The fraction of sp³-hybridized carbons (Fsp3) is 0.917. The predicted octanol–water partition coefficient (Wildman–Crippen LogP) is 3.19. The van der Waals surface area contributed by atoms with Gasteiger partial charge in [0, 0.05) is 0 Å². The summed E-state index contributed by atoms with van der Waals surface area (Å²) in [7, 11) is 3.78. The van der Waals surface area contributed by atoms with Crippen molar-refractivity contribution in [1.82, 2.24) is 0 Å². The second kappa shape index (κ2) is 4.97. The zero-order chi connectivity index (χ0) is 12.3. The van der Waals surface area contributed by atoms with Crippen molar-refractivity contribution in [2.24, 2.45) is 0 Å². The number of hydrogen-bond acceptors (Lipinski definition) is 2. The van der Waals surface area contributed by atoms with Gasteiger partial charge in [0.25, 0.3) is 0 Å². The van der Waals surface area contributed by atoms with Crippen molar-refractivity contribution in [1.29, 1.82) is 0 Å². The summed E-state index contributed by atoms with van der Waals surface area (Å²) in [5, 5.41) is 0. The molecule has 0 heterocycles. The highest BCUT2D eigenvalue weighted by atomic mass is 16.6. The average molecular weight is 216 g/mol. The Kier molecular flexibility index (Phi) is 4.78. The fourth-order valence-electron chi connectivity index (χ4n) is 0.934. The molecule has 0 fully saturated rings. The first-order valence-electron chi connectivity index (χ1n) is 5.76. The summed E-state index contributed by atoms with van der Waals surface area (Å²) in [5.74, 6) is 0. The number of nitrogens with zero attached hydrogens (tertiary/aromatic N) is 1. The van der Waals surface area contributed by atoms with Crippen molar-refractivity contribution in [2.75, 3.05) is 14.1 Å². The predicted molar refractivity (Wildman–Crippen MR) is 62.7 cm³/mol. The third kappa shape index (κ3) is 3.49. The molecular formula is C12H26NO2+. The molecule has 15 heavy (non-hydrogen) atoms. The van der Waals surface area contributed by atoms with Gasteiger partial charge in [0.05, 0.1) is 20.1 Å². The van der Waals surface area contributed by atoms with E-state index < -0.39 is 0 Å². The van der Waals surface area contributed by atoms with Gasteiger partial charge in [-0.05, 0) is 33.6 Å². The van der Waals surface area contributed by atoms with Gasteiger partial charge in [0.15, 0.2) is 0 Å². The van der Waals surface area contributed by atoms with Crippen molar-refractivity contribution >= 4 is 6.09 Å². The Morgan fingerprint density at radius 2 is 1.67 bits per heavy atom. The fourth-order valence-corrected chi connectivity index (χ4v) is 0.934. The quantitative estimate of drug-likeness (QED) is 0.675. The van der Waals surface area contributed by atoms with Crippen molar-refractivity contribution in [3.8, 4) is 0 Å². The zero-order valence-corrected chi connectivity index (χ0v) is 11.3. The normalized spacial score (nSPS) is 13.1. The molecule has 3 nitrogen and oxygen atoms in total. The lowest BCUT2D eigenvalue weighted by atomic mass is 10.0. The second-order valence-electron chi connectivity index (χ2n) is 5.16. The van der Waals surface area contributed by atoms with Gasteiger partial charge < -0.3 is 4.74 Å². The minimum Gasteiger partial charge on any atom is -0.414 e. The van der Waals surface area contributed by atoms with Crippen molar-refractivity contribution in [3.05, 3.63) is 0 Å². The van der Waals surface area contributed by atoms with E-state index in [1.54, 1.807) is 0 Å². The van der Waals surface area contributed by atoms with Gasteiger partial charge in [-0.3, -0.25) is 0 Å². The number of quaternary nitrogens is 1. The van der Waals surface area contributed by atoms with Gasteiger partial charge in [-0.25, -0.2) is 4.48 Å². The molecule has 0 aromatic rings. The lowest BCUT2D eigenvalue weighted by molar-refractivity contribution is -0.840. The molecule has 0 unspecified atom stereocenters. The summed E-state index contributed by atoms with van der Waals surface area (Å²) in [6, 6.07) is 0.232. The maximum Gasteiger partial charge on any atom is 0.516 e. The summed E-state index contributed by atoms with van der Waals surface area (Å²) in [4.78, 5) is 12.0. The largest absolute Gasteiger partial charge is 0.516 e. The molecule has 0 saturated carbocycles. The zero-order valence-electron chi connectivity index (χ0n) is 11.3. The van der Waals surface area contributed by atoms with Crippen LogP contribution in [0.4, 0.5) is 4.79 Å². The molecule has 0 saturated heterocycles. The SMILES string of the molecule is CCC(C)(CC)OC(=O)[N+](C)(C)C(C)C. The summed E-state index contributed by atoms with van der Waals surface area (Å²) < 4.78 is 5.87. The molecule has 0 N–H and O–H groups in total. The number of carbonyl (C=O) groups is 1. The number of ether oxygens (including phenoxy) is 1. The topological polar surface area (TPSA) is 26.3 Å². The van der Waals surface area contributed by atoms with Crippen molar-refractivity contribution in [2.45, 2.75) is 59.1 Å². The van der Waals surface area contributed by atoms with Gasteiger partial charge in [-0.1, -0.05) is 13.8 Å². The van der Waals surface area contributed by atoms with E-state index in [0.29, 0.717) is 0 Å². The van der Waals surface area contributed by atoms with Crippen LogP contribution in [0.3, 0.4) is 0 Å². The highest BCUT2D eigenvalue weighted by Crippen LogP contribution is 2.22. The molecule has 0 spiro atoms. The highest BCUT2D eigenvalue weighted by Gasteiger charge is 2.37. The maximum absolute atomic E-state index is 12.0. The summed E-state index contributed by atoms with van der Waals surface area (Å²) >= 11 is 0. The number of rotatable bonds is 4. The van der Waals surface area contributed by atoms with Crippen LogP contribution in [-0.2, 0) is 4.74 Å². The Balaban J connectivity index is 4.62. The van der Waals surface area contributed by atoms with E-state index in [1.165, 1.54) is 0 Å². The lowest BCUT2D eigenvalue weighted by Gasteiger charge is -2.34. The van der Waals surface area contributed by atoms with Crippen LogP contribution in [0.1, 0.15) is 47.5 Å². The minimum absolute atomic E-state index is 0.142. The van der Waals surface area contributed by atoms with Crippen LogP contribution < -0.4 is 0 Å². The van der Waals surface area contributed by atoms with Crippen LogP contribution in [0.15, 0.2) is 0 Å². The van der Waals surface area contributed by atoms with Gasteiger partial charge in [-0.15, -0.1) is 0 Å². The Bertz CT molecular complexity index is 218. The van der Waals surface area contributed by atoms with E-state index in [2.05, 4.69) is 0 Å². The van der Waals surface area contributed by atoms with Gasteiger partial charge in [0.1, 0.15) is 5.60 Å². The standard InChI is InChI=1S/C12H26NO2/c1-8-12(5,9-2)15-11(14)13(6,7)10(3)4/h10H,8-9H2,1-7H3/q+1. The van der Waals surface area contributed by atoms with E-state index in [1.807, 2.05) is 48.7 Å². The lowest BCUT2D eigenvalue weighted by Crippen LogP contribution is -2.53. The summed E-state index contributed by atoms with van der Waals surface area (Å²) in [5.41, 5.74) is -0.318. The van der Waals surface area contributed by atoms with Crippen LogP contribution in [0.5, 0.6) is 0 Å². The molecule has 0 atom stereocenters.